The van der Waals surface area contributed by atoms with Gasteiger partial charge in [-0.1, -0.05) is 26.0 Å². The van der Waals surface area contributed by atoms with E-state index in [9.17, 15) is 4.39 Å². The Kier molecular flexibility index (Phi) is 5.24. The zero-order valence-electron chi connectivity index (χ0n) is 11.9. The Morgan fingerprint density at radius 3 is 2.80 bits per heavy atom. The van der Waals surface area contributed by atoms with Crippen LogP contribution in [0.1, 0.15) is 37.6 Å². The molecule has 108 valence electrons. The predicted octanol–water partition coefficient (Wildman–Crippen LogP) is 2.73. The molecule has 0 spiro atoms. The normalized spacial score (nSPS) is 11.2. The van der Waals surface area contributed by atoms with Crippen molar-refractivity contribution in [2.75, 3.05) is 6.54 Å². The first-order valence-electron chi connectivity index (χ1n) is 6.92. The minimum Gasteiger partial charge on any atom is -0.425 e. The Balaban J connectivity index is 1.83. The van der Waals surface area contributed by atoms with Gasteiger partial charge in [0, 0.05) is 12.5 Å². The number of hydrogen-bond acceptors (Lipinski definition) is 4. The van der Waals surface area contributed by atoms with E-state index in [0.717, 1.165) is 24.9 Å². The number of hydrogen-bond donors (Lipinski definition) is 1. The van der Waals surface area contributed by atoms with Crippen molar-refractivity contribution < 1.29 is 8.81 Å². The lowest BCUT2D eigenvalue weighted by atomic mass is 10.1. The maximum atomic E-state index is 13.1. The summed E-state index contributed by atoms with van der Waals surface area (Å²) in [5.74, 6) is 0.923. The highest BCUT2D eigenvalue weighted by Gasteiger charge is 2.07. The zero-order chi connectivity index (χ0) is 14.4. The van der Waals surface area contributed by atoms with Crippen LogP contribution in [0.25, 0.3) is 0 Å². The number of nitrogens with one attached hydrogen (secondary N) is 1. The van der Waals surface area contributed by atoms with Crippen LogP contribution in [0.2, 0.25) is 0 Å². The van der Waals surface area contributed by atoms with Crippen molar-refractivity contribution in [2.24, 2.45) is 0 Å². The summed E-state index contributed by atoms with van der Waals surface area (Å²) in [7, 11) is 0. The van der Waals surface area contributed by atoms with E-state index in [2.05, 4.69) is 29.4 Å². The molecule has 1 aromatic heterocycles. The van der Waals surface area contributed by atoms with Crippen molar-refractivity contribution in [3.8, 4) is 0 Å². The molecule has 0 fully saturated rings. The van der Waals surface area contributed by atoms with Crippen molar-refractivity contribution in [1.29, 1.82) is 0 Å². The molecule has 0 radical (unpaired) electrons. The number of benzene rings is 1. The van der Waals surface area contributed by atoms with Gasteiger partial charge in [0.15, 0.2) is 0 Å². The van der Waals surface area contributed by atoms with E-state index in [1.165, 1.54) is 12.1 Å². The van der Waals surface area contributed by atoms with Crippen LogP contribution in [-0.2, 0) is 12.8 Å². The standard InChI is InChI=1S/C15H20FN3O/c1-11(2)17-8-4-7-14-18-19-15(20-14)10-12-5-3-6-13(16)9-12/h3,5-6,9,11,17H,4,7-8,10H2,1-2H3. The van der Waals surface area contributed by atoms with Gasteiger partial charge < -0.3 is 9.73 Å². The monoisotopic (exact) mass is 277 g/mol. The molecule has 0 saturated carbocycles. The van der Waals surface area contributed by atoms with Gasteiger partial charge in [-0.25, -0.2) is 4.39 Å². The maximum Gasteiger partial charge on any atom is 0.220 e. The van der Waals surface area contributed by atoms with Crippen LogP contribution in [0.5, 0.6) is 0 Å². The van der Waals surface area contributed by atoms with Gasteiger partial charge in [-0.2, -0.15) is 0 Å². The molecule has 2 aromatic rings. The van der Waals surface area contributed by atoms with Crippen LogP contribution >= 0.6 is 0 Å². The zero-order valence-corrected chi connectivity index (χ0v) is 11.9. The van der Waals surface area contributed by atoms with Crippen molar-refractivity contribution >= 4 is 0 Å². The highest BCUT2D eigenvalue weighted by atomic mass is 19.1. The molecular weight excluding hydrogens is 257 g/mol. The summed E-state index contributed by atoms with van der Waals surface area (Å²) in [5.41, 5.74) is 0.835. The largest absolute Gasteiger partial charge is 0.425 e. The van der Waals surface area contributed by atoms with E-state index >= 15 is 0 Å². The molecule has 0 atom stereocenters. The Bertz CT molecular complexity index is 539. The van der Waals surface area contributed by atoms with Crippen LogP contribution in [0.15, 0.2) is 28.7 Å². The fraction of sp³-hybridized carbons (Fsp3) is 0.467. The van der Waals surface area contributed by atoms with Crippen molar-refractivity contribution in [1.82, 2.24) is 15.5 Å². The molecule has 0 aliphatic heterocycles. The van der Waals surface area contributed by atoms with Gasteiger partial charge >= 0.3 is 0 Å². The average molecular weight is 277 g/mol. The molecule has 5 heteroatoms. The highest BCUT2D eigenvalue weighted by Crippen LogP contribution is 2.10. The number of aryl methyl sites for hydroxylation is 1. The second kappa shape index (κ2) is 7.14. The third-order valence-electron chi connectivity index (χ3n) is 2.87. The summed E-state index contributed by atoms with van der Waals surface area (Å²) < 4.78 is 18.6. The van der Waals surface area contributed by atoms with E-state index in [1.807, 2.05) is 6.07 Å². The molecule has 20 heavy (non-hydrogen) atoms. The molecule has 0 unspecified atom stereocenters. The molecular formula is C15H20FN3O. The van der Waals surface area contributed by atoms with Gasteiger partial charge in [-0.15, -0.1) is 10.2 Å². The third-order valence-corrected chi connectivity index (χ3v) is 2.87. The minimum atomic E-state index is -0.248. The molecule has 0 amide bonds. The fourth-order valence-corrected chi connectivity index (χ4v) is 1.91. The first-order chi connectivity index (χ1) is 9.63. The molecule has 0 saturated heterocycles. The second-order valence-electron chi connectivity index (χ2n) is 5.11. The molecule has 1 aromatic carbocycles. The van der Waals surface area contributed by atoms with Crippen LogP contribution < -0.4 is 5.32 Å². The lowest BCUT2D eigenvalue weighted by molar-refractivity contribution is 0.446. The molecule has 0 aliphatic carbocycles. The summed E-state index contributed by atoms with van der Waals surface area (Å²) in [6, 6.07) is 6.92. The van der Waals surface area contributed by atoms with Gasteiger partial charge in [-0.05, 0) is 30.7 Å². The van der Waals surface area contributed by atoms with Crippen LogP contribution in [0, 0.1) is 5.82 Å². The van der Waals surface area contributed by atoms with Crippen LogP contribution in [-0.4, -0.2) is 22.8 Å². The molecule has 4 nitrogen and oxygen atoms in total. The quantitative estimate of drug-likeness (QED) is 0.791. The third kappa shape index (κ3) is 4.74. The Hall–Kier alpha value is -1.75. The first kappa shape index (κ1) is 14.7. The highest BCUT2D eigenvalue weighted by molar-refractivity contribution is 5.19. The summed E-state index contributed by atoms with van der Waals surface area (Å²) in [6.07, 6.45) is 2.19. The summed E-state index contributed by atoms with van der Waals surface area (Å²) >= 11 is 0. The Morgan fingerprint density at radius 2 is 2.05 bits per heavy atom. The number of nitrogens with zero attached hydrogens (tertiary/aromatic N) is 2. The first-order valence-corrected chi connectivity index (χ1v) is 6.92. The Labute approximate surface area is 118 Å². The summed E-state index contributed by atoms with van der Waals surface area (Å²) in [5, 5.41) is 11.3. The molecule has 0 aliphatic rings. The Morgan fingerprint density at radius 1 is 1.25 bits per heavy atom. The SMILES string of the molecule is CC(C)NCCCc1nnc(Cc2cccc(F)c2)o1. The second-order valence-corrected chi connectivity index (χ2v) is 5.11. The van der Waals surface area contributed by atoms with Crippen LogP contribution in [0.3, 0.4) is 0 Å². The average Bonchev–Trinajstić information content (AvgIpc) is 2.82. The number of rotatable bonds is 7. The van der Waals surface area contributed by atoms with Crippen molar-refractivity contribution in [3.63, 3.8) is 0 Å². The minimum absolute atomic E-state index is 0.248. The van der Waals surface area contributed by atoms with E-state index in [0.29, 0.717) is 24.2 Å². The van der Waals surface area contributed by atoms with Gasteiger partial charge in [0.1, 0.15) is 5.82 Å². The summed E-state index contributed by atoms with van der Waals surface area (Å²) in [6.45, 7) is 5.16. The molecule has 0 bridgehead atoms. The fourth-order valence-electron chi connectivity index (χ4n) is 1.91. The molecule has 1 heterocycles. The van der Waals surface area contributed by atoms with Crippen molar-refractivity contribution in [2.45, 2.75) is 39.2 Å². The molecule has 1 N–H and O–H groups in total. The van der Waals surface area contributed by atoms with E-state index < -0.39 is 0 Å². The van der Waals surface area contributed by atoms with Crippen molar-refractivity contribution in [3.05, 3.63) is 47.4 Å². The van der Waals surface area contributed by atoms with Gasteiger partial charge in [0.05, 0.1) is 6.42 Å². The summed E-state index contributed by atoms with van der Waals surface area (Å²) in [4.78, 5) is 0. The van der Waals surface area contributed by atoms with E-state index in [1.54, 1.807) is 6.07 Å². The number of halogens is 1. The molecule has 2 rings (SSSR count). The topological polar surface area (TPSA) is 51.0 Å². The smallest absolute Gasteiger partial charge is 0.220 e. The predicted molar refractivity (Wildman–Crippen MR) is 75.0 cm³/mol. The lowest BCUT2D eigenvalue weighted by Gasteiger charge is -2.05. The number of aromatic nitrogens is 2. The maximum absolute atomic E-state index is 13.1. The van der Waals surface area contributed by atoms with E-state index in [4.69, 9.17) is 4.42 Å². The van der Waals surface area contributed by atoms with Crippen LogP contribution in [0.4, 0.5) is 4.39 Å². The lowest BCUT2D eigenvalue weighted by Crippen LogP contribution is -2.23. The van der Waals surface area contributed by atoms with Gasteiger partial charge in [0.2, 0.25) is 11.8 Å². The van der Waals surface area contributed by atoms with Gasteiger partial charge in [-0.3, -0.25) is 0 Å². The van der Waals surface area contributed by atoms with E-state index in [-0.39, 0.29) is 5.82 Å². The van der Waals surface area contributed by atoms with Gasteiger partial charge in [0.25, 0.3) is 0 Å².